The highest BCUT2D eigenvalue weighted by atomic mass is 16.5. The summed E-state index contributed by atoms with van der Waals surface area (Å²) in [5.74, 6) is 0.922. The van der Waals surface area contributed by atoms with E-state index in [4.69, 9.17) is 10.5 Å². The molecule has 0 atom stereocenters. The Balaban J connectivity index is 2.83. The molecule has 1 aromatic rings. The van der Waals surface area contributed by atoms with Crippen LogP contribution in [0.2, 0.25) is 0 Å². The Bertz CT molecular complexity index is 450. The lowest BCUT2D eigenvalue weighted by Crippen LogP contribution is -2.29. The summed E-state index contributed by atoms with van der Waals surface area (Å²) >= 11 is 0. The molecule has 0 saturated carbocycles. The van der Waals surface area contributed by atoms with Crippen LogP contribution in [0.25, 0.3) is 0 Å². The second-order valence-electron chi connectivity index (χ2n) is 5.89. The summed E-state index contributed by atoms with van der Waals surface area (Å²) in [4.78, 5) is 11.6. The van der Waals surface area contributed by atoms with Gasteiger partial charge in [0.1, 0.15) is 5.75 Å². The molecule has 0 spiro atoms. The molecule has 20 heavy (non-hydrogen) atoms. The van der Waals surface area contributed by atoms with Gasteiger partial charge in [-0.1, -0.05) is 39.0 Å². The molecule has 0 radical (unpaired) electrons. The number of nitrogens with two attached hydrogens (primary N) is 1. The largest absolute Gasteiger partial charge is 0.496 e. The van der Waals surface area contributed by atoms with Crippen molar-refractivity contribution in [1.29, 1.82) is 0 Å². The van der Waals surface area contributed by atoms with E-state index in [0.29, 0.717) is 25.9 Å². The summed E-state index contributed by atoms with van der Waals surface area (Å²) < 4.78 is 5.56. The van der Waals surface area contributed by atoms with Crippen molar-refractivity contribution in [3.63, 3.8) is 0 Å². The molecule has 0 bridgehead atoms. The van der Waals surface area contributed by atoms with Crippen molar-refractivity contribution in [2.75, 3.05) is 20.2 Å². The van der Waals surface area contributed by atoms with E-state index < -0.39 is 0 Å². The minimum absolute atomic E-state index is 0.0170. The number of hydrogen-bond acceptors (Lipinski definition) is 3. The van der Waals surface area contributed by atoms with E-state index in [2.05, 4.69) is 32.2 Å². The number of benzene rings is 1. The predicted molar refractivity (Wildman–Crippen MR) is 82.1 cm³/mol. The van der Waals surface area contributed by atoms with Gasteiger partial charge < -0.3 is 15.8 Å². The van der Waals surface area contributed by atoms with Gasteiger partial charge in [-0.2, -0.15) is 0 Å². The molecule has 0 aliphatic carbocycles. The van der Waals surface area contributed by atoms with E-state index in [1.807, 2.05) is 12.1 Å². The number of carbonyl (C=O) groups is 1. The fourth-order valence-electron chi connectivity index (χ4n) is 2.16. The summed E-state index contributed by atoms with van der Waals surface area (Å²) in [7, 11) is 1.68. The topological polar surface area (TPSA) is 64.3 Å². The van der Waals surface area contributed by atoms with E-state index in [1.54, 1.807) is 7.11 Å². The third kappa shape index (κ3) is 4.53. The number of methoxy groups -OCH3 is 1. The molecular formula is C16H26N2O2. The smallest absolute Gasteiger partial charge is 0.220 e. The molecule has 0 aliphatic rings. The van der Waals surface area contributed by atoms with Crippen LogP contribution < -0.4 is 15.8 Å². The molecular weight excluding hydrogens is 252 g/mol. The van der Waals surface area contributed by atoms with Gasteiger partial charge in [0.2, 0.25) is 5.91 Å². The molecule has 0 aromatic heterocycles. The normalized spacial score (nSPS) is 11.2. The molecule has 3 N–H and O–H groups in total. The van der Waals surface area contributed by atoms with Gasteiger partial charge in [0.25, 0.3) is 0 Å². The number of carbonyl (C=O) groups excluding carboxylic acids is 1. The lowest BCUT2D eigenvalue weighted by atomic mass is 9.84. The maximum Gasteiger partial charge on any atom is 0.220 e. The molecule has 4 nitrogen and oxygen atoms in total. The number of hydrogen-bond donors (Lipinski definition) is 2. The Labute approximate surface area is 121 Å². The van der Waals surface area contributed by atoms with E-state index in [0.717, 1.165) is 11.3 Å². The van der Waals surface area contributed by atoms with Crippen LogP contribution in [0.3, 0.4) is 0 Å². The Kier molecular flexibility index (Phi) is 6.02. The van der Waals surface area contributed by atoms with Crippen molar-refractivity contribution in [1.82, 2.24) is 5.32 Å². The number of nitrogens with one attached hydrogen (secondary N) is 1. The third-order valence-corrected chi connectivity index (χ3v) is 3.20. The number of amides is 1. The molecule has 0 unspecified atom stereocenters. The van der Waals surface area contributed by atoms with E-state index in [9.17, 15) is 4.79 Å². The SMILES string of the molecule is COc1c(CCC(=O)NCCN)cccc1C(C)(C)C. The molecule has 0 heterocycles. The lowest BCUT2D eigenvalue weighted by Gasteiger charge is -2.23. The van der Waals surface area contributed by atoms with Crippen LogP contribution in [-0.2, 0) is 16.6 Å². The highest BCUT2D eigenvalue weighted by molar-refractivity contribution is 5.76. The first kappa shape index (κ1) is 16.5. The van der Waals surface area contributed by atoms with Crippen LogP contribution in [0.5, 0.6) is 5.75 Å². The Morgan fingerprint density at radius 1 is 1.35 bits per heavy atom. The summed E-state index contributed by atoms with van der Waals surface area (Å²) in [6.45, 7) is 7.46. The maximum atomic E-state index is 11.6. The zero-order valence-corrected chi connectivity index (χ0v) is 13.0. The summed E-state index contributed by atoms with van der Waals surface area (Å²) in [6.07, 6.45) is 1.12. The Hall–Kier alpha value is -1.55. The summed E-state index contributed by atoms with van der Waals surface area (Å²) in [6, 6.07) is 6.12. The standard InChI is InChI=1S/C16H26N2O2/c1-16(2,3)13-7-5-6-12(15(13)20-4)8-9-14(19)18-11-10-17/h5-7H,8-11,17H2,1-4H3,(H,18,19). The fraction of sp³-hybridized carbons (Fsp3) is 0.562. The zero-order valence-electron chi connectivity index (χ0n) is 13.0. The molecule has 112 valence electrons. The summed E-state index contributed by atoms with van der Waals surface area (Å²) in [5, 5.41) is 2.78. The molecule has 0 saturated heterocycles. The highest BCUT2D eigenvalue weighted by Crippen LogP contribution is 2.34. The van der Waals surface area contributed by atoms with Crippen molar-refractivity contribution in [3.8, 4) is 5.75 Å². The van der Waals surface area contributed by atoms with Crippen LogP contribution in [0, 0.1) is 0 Å². The third-order valence-electron chi connectivity index (χ3n) is 3.20. The Morgan fingerprint density at radius 2 is 2.05 bits per heavy atom. The predicted octanol–water partition coefficient (Wildman–Crippen LogP) is 2.00. The Morgan fingerprint density at radius 3 is 2.60 bits per heavy atom. The fourth-order valence-corrected chi connectivity index (χ4v) is 2.16. The van der Waals surface area contributed by atoms with Crippen molar-refractivity contribution in [3.05, 3.63) is 29.3 Å². The van der Waals surface area contributed by atoms with Gasteiger partial charge in [0, 0.05) is 19.5 Å². The first-order chi connectivity index (χ1) is 9.40. The van der Waals surface area contributed by atoms with Crippen molar-refractivity contribution in [2.45, 2.75) is 39.0 Å². The van der Waals surface area contributed by atoms with Crippen molar-refractivity contribution in [2.24, 2.45) is 5.73 Å². The monoisotopic (exact) mass is 278 g/mol. The minimum Gasteiger partial charge on any atom is -0.496 e. The van der Waals surface area contributed by atoms with Crippen molar-refractivity contribution >= 4 is 5.91 Å². The van der Waals surface area contributed by atoms with Crippen LogP contribution in [-0.4, -0.2) is 26.1 Å². The van der Waals surface area contributed by atoms with E-state index >= 15 is 0 Å². The van der Waals surface area contributed by atoms with Crippen molar-refractivity contribution < 1.29 is 9.53 Å². The molecule has 4 heteroatoms. The minimum atomic E-state index is 0.0170. The molecule has 1 aromatic carbocycles. The van der Waals surface area contributed by atoms with Gasteiger partial charge in [0.15, 0.2) is 0 Å². The molecule has 0 fully saturated rings. The number of para-hydroxylation sites is 1. The average molecular weight is 278 g/mol. The van der Waals surface area contributed by atoms with Gasteiger partial charge in [0.05, 0.1) is 7.11 Å². The molecule has 0 aliphatic heterocycles. The first-order valence-electron chi connectivity index (χ1n) is 7.03. The highest BCUT2D eigenvalue weighted by Gasteiger charge is 2.20. The second-order valence-corrected chi connectivity index (χ2v) is 5.89. The second kappa shape index (κ2) is 7.29. The van der Waals surface area contributed by atoms with Gasteiger partial charge in [-0.3, -0.25) is 4.79 Å². The number of aryl methyl sites for hydroxylation is 1. The van der Waals surface area contributed by atoms with Gasteiger partial charge in [-0.15, -0.1) is 0 Å². The quantitative estimate of drug-likeness (QED) is 0.836. The lowest BCUT2D eigenvalue weighted by molar-refractivity contribution is -0.120. The number of ether oxygens (including phenoxy) is 1. The molecule has 1 amide bonds. The zero-order chi connectivity index (χ0) is 15.2. The van der Waals surface area contributed by atoms with Gasteiger partial charge >= 0.3 is 0 Å². The first-order valence-corrected chi connectivity index (χ1v) is 7.03. The van der Waals surface area contributed by atoms with Crippen LogP contribution >= 0.6 is 0 Å². The average Bonchev–Trinajstić information content (AvgIpc) is 2.41. The van der Waals surface area contributed by atoms with Gasteiger partial charge in [-0.05, 0) is 23.0 Å². The van der Waals surface area contributed by atoms with Crippen LogP contribution in [0.1, 0.15) is 38.3 Å². The van der Waals surface area contributed by atoms with Crippen LogP contribution in [0.15, 0.2) is 18.2 Å². The number of rotatable bonds is 6. The van der Waals surface area contributed by atoms with E-state index in [-0.39, 0.29) is 11.3 Å². The summed E-state index contributed by atoms with van der Waals surface area (Å²) in [5.41, 5.74) is 7.62. The van der Waals surface area contributed by atoms with E-state index in [1.165, 1.54) is 5.56 Å². The molecule has 1 rings (SSSR count). The maximum absolute atomic E-state index is 11.6. The van der Waals surface area contributed by atoms with Crippen LogP contribution in [0.4, 0.5) is 0 Å². The van der Waals surface area contributed by atoms with Gasteiger partial charge in [-0.25, -0.2) is 0 Å².